The molecule has 168 valence electrons. The van der Waals surface area contributed by atoms with Crippen LogP contribution in [-0.4, -0.2) is 35.2 Å². The van der Waals surface area contributed by atoms with Crippen LogP contribution in [0.4, 0.5) is 0 Å². The number of carbonyl (C=O) groups is 2. The maximum atomic E-state index is 12.6. The van der Waals surface area contributed by atoms with E-state index in [1.165, 1.54) is 0 Å². The molecule has 2 atom stereocenters. The molecule has 4 N–H and O–H groups in total. The van der Waals surface area contributed by atoms with E-state index in [4.69, 9.17) is 0 Å². The first kappa shape index (κ1) is 22.5. The lowest BCUT2D eigenvalue weighted by molar-refractivity contribution is -0.130. The molecule has 0 heterocycles. The van der Waals surface area contributed by atoms with E-state index in [1.807, 2.05) is 84.9 Å². The molecule has 0 bridgehead atoms. The van der Waals surface area contributed by atoms with Crippen LogP contribution < -0.4 is 10.6 Å². The smallest absolute Gasteiger partial charge is 0.229 e. The molecule has 0 aliphatic heterocycles. The Morgan fingerprint density at radius 1 is 0.606 bits per heavy atom. The molecule has 2 amide bonds. The molecular weight excluding hydrogens is 416 g/mol. The monoisotopic (exact) mass is 442 g/mol. The van der Waals surface area contributed by atoms with Crippen LogP contribution in [0.3, 0.4) is 0 Å². The average Bonchev–Trinajstić information content (AvgIpc) is 2.85. The highest BCUT2D eigenvalue weighted by atomic mass is 16.3. The zero-order chi connectivity index (χ0) is 23.2. The lowest BCUT2D eigenvalue weighted by Crippen LogP contribution is -2.37. The summed E-state index contributed by atoms with van der Waals surface area (Å²) in [5.74, 6) is -1.01. The quantitative estimate of drug-likeness (QED) is 0.315. The van der Waals surface area contributed by atoms with E-state index in [9.17, 15) is 19.8 Å². The molecule has 0 aromatic heterocycles. The molecular formula is C27H26N2O4. The van der Waals surface area contributed by atoms with E-state index in [1.54, 1.807) is 0 Å². The zero-order valence-electron chi connectivity index (χ0n) is 18.1. The van der Waals surface area contributed by atoms with Crippen molar-refractivity contribution in [2.24, 2.45) is 0 Å². The van der Waals surface area contributed by atoms with Gasteiger partial charge in [-0.3, -0.25) is 9.59 Å². The summed E-state index contributed by atoms with van der Waals surface area (Å²) in [6.45, 7) is -0.590. The lowest BCUT2D eigenvalue weighted by atomic mass is 9.98. The first-order chi connectivity index (χ1) is 16.1. The van der Waals surface area contributed by atoms with Gasteiger partial charge in [0.2, 0.25) is 11.8 Å². The number of aliphatic hydroxyl groups is 2. The summed E-state index contributed by atoms with van der Waals surface area (Å²) < 4.78 is 0. The van der Waals surface area contributed by atoms with Crippen molar-refractivity contribution in [2.45, 2.75) is 18.5 Å². The predicted octanol–water partition coefficient (Wildman–Crippen LogP) is 3.38. The van der Waals surface area contributed by atoms with Crippen molar-refractivity contribution in [3.63, 3.8) is 0 Å². The van der Waals surface area contributed by atoms with Crippen LogP contribution in [0.25, 0.3) is 21.5 Å². The molecule has 2 unspecified atom stereocenters. The van der Waals surface area contributed by atoms with Gasteiger partial charge in [-0.05, 0) is 32.7 Å². The molecule has 0 radical (unpaired) electrons. The number of aliphatic hydroxyl groups excluding tert-OH is 2. The third-order valence-corrected chi connectivity index (χ3v) is 5.75. The summed E-state index contributed by atoms with van der Waals surface area (Å²) >= 11 is 0. The zero-order valence-corrected chi connectivity index (χ0v) is 18.1. The maximum absolute atomic E-state index is 12.6. The fraction of sp³-hybridized carbons (Fsp3) is 0.185. The predicted molar refractivity (Wildman–Crippen MR) is 128 cm³/mol. The van der Waals surface area contributed by atoms with Gasteiger partial charge in [-0.25, -0.2) is 0 Å². The van der Waals surface area contributed by atoms with Crippen LogP contribution >= 0.6 is 0 Å². The Balaban J connectivity index is 1.45. The van der Waals surface area contributed by atoms with Gasteiger partial charge in [-0.1, -0.05) is 84.9 Å². The van der Waals surface area contributed by atoms with Crippen molar-refractivity contribution in [3.8, 4) is 0 Å². The summed E-state index contributed by atoms with van der Waals surface area (Å²) in [6, 6.07) is 25.5. The van der Waals surface area contributed by atoms with Gasteiger partial charge in [0.05, 0.1) is 25.3 Å². The fourth-order valence-electron chi connectivity index (χ4n) is 4.19. The highest BCUT2D eigenvalue weighted by molar-refractivity contribution is 5.98. The second-order valence-corrected chi connectivity index (χ2v) is 7.92. The van der Waals surface area contributed by atoms with Crippen LogP contribution in [0.1, 0.15) is 29.6 Å². The number of benzene rings is 4. The van der Waals surface area contributed by atoms with Crippen LogP contribution in [0.2, 0.25) is 0 Å². The highest BCUT2D eigenvalue weighted by Gasteiger charge is 2.21. The Morgan fingerprint density at radius 3 is 1.42 bits per heavy atom. The molecule has 0 fully saturated rings. The van der Waals surface area contributed by atoms with Crippen molar-refractivity contribution >= 4 is 33.4 Å². The molecule has 0 aliphatic carbocycles. The molecule has 0 saturated heterocycles. The topological polar surface area (TPSA) is 98.7 Å². The van der Waals surface area contributed by atoms with E-state index in [0.717, 1.165) is 32.7 Å². The van der Waals surface area contributed by atoms with Crippen LogP contribution in [0.5, 0.6) is 0 Å². The summed E-state index contributed by atoms with van der Waals surface area (Å²) in [4.78, 5) is 25.2. The Labute approximate surface area is 191 Å². The van der Waals surface area contributed by atoms with Crippen LogP contribution in [0, 0.1) is 0 Å². The van der Waals surface area contributed by atoms with Crippen molar-refractivity contribution in [1.82, 2.24) is 10.6 Å². The summed E-state index contributed by atoms with van der Waals surface area (Å²) in [6.07, 6.45) is -0.414. The van der Waals surface area contributed by atoms with Gasteiger partial charge in [0, 0.05) is 0 Å². The van der Waals surface area contributed by atoms with E-state index in [2.05, 4.69) is 10.6 Å². The van der Waals surface area contributed by atoms with Crippen molar-refractivity contribution in [1.29, 1.82) is 0 Å². The van der Waals surface area contributed by atoms with Crippen LogP contribution in [-0.2, 0) is 9.59 Å². The van der Waals surface area contributed by atoms with Crippen molar-refractivity contribution in [2.75, 3.05) is 13.2 Å². The first-order valence-corrected chi connectivity index (χ1v) is 10.9. The molecule has 6 nitrogen and oxygen atoms in total. The highest BCUT2D eigenvalue weighted by Crippen LogP contribution is 2.25. The number of rotatable bonds is 8. The summed E-state index contributed by atoms with van der Waals surface area (Å²) in [5.41, 5.74) is 1.57. The number of nitrogens with one attached hydrogen (secondary N) is 2. The number of hydrogen-bond donors (Lipinski definition) is 4. The minimum atomic E-state index is -0.636. The minimum Gasteiger partial charge on any atom is -0.394 e. The molecule has 0 saturated carbocycles. The summed E-state index contributed by atoms with van der Waals surface area (Å²) in [5, 5.41) is 29.2. The largest absolute Gasteiger partial charge is 0.394 e. The van der Waals surface area contributed by atoms with Gasteiger partial charge in [0.1, 0.15) is 6.42 Å². The van der Waals surface area contributed by atoms with Gasteiger partial charge < -0.3 is 20.8 Å². The number of carbonyl (C=O) groups excluding carboxylic acids is 2. The Hall–Kier alpha value is -3.74. The van der Waals surface area contributed by atoms with Crippen molar-refractivity contribution in [3.05, 3.63) is 96.1 Å². The second-order valence-electron chi connectivity index (χ2n) is 7.92. The Morgan fingerprint density at radius 2 is 1.00 bits per heavy atom. The number of hydrogen-bond acceptors (Lipinski definition) is 4. The lowest BCUT2D eigenvalue weighted by Gasteiger charge is -2.20. The Bertz CT molecular complexity index is 1180. The van der Waals surface area contributed by atoms with Crippen molar-refractivity contribution < 1.29 is 19.8 Å². The molecule has 33 heavy (non-hydrogen) atoms. The van der Waals surface area contributed by atoms with Gasteiger partial charge in [0.25, 0.3) is 0 Å². The number of amides is 2. The van der Waals surface area contributed by atoms with E-state index in [0.29, 0.717) is 0 Å². The normalized spacial score (nSPS) is 12.9. The second kappa shape index (κ2) is 10.3. The van der Waals surface area contributed by atoms with Gasteiger partial charge in [0.15, 0.2) is 0 Å². The minimum absolute atomic E-state index is 0.295. The average molecular weight is 443 g/mol. The van der Waals surface area contributed by atoms with Gasteiger partial charge in [-0.15, -0.1) is 0 Å². The maximum Gasteiger partial charge on any atom is 0.229 e. The van der Waals surface area contributed by atoms with Gasteiger partial charge >= 0.3 is 0 Å². The van der Waals surface area contributed by atoms with Crippen LogP contribution in [0.15, 0.2) is 84.9 Å². The fourth-order valence-corrected chi connectivity index (χ4v) is 4.19. The molecule has 4 rings (SSSR count). The molecule has 6 heteroatoms. The number of fused-ring (bicyclic) bond motifs is 2. The third-order valence-electron chi connectivity index (χ3n) is 5.75. The Kier molecular flexibility index (Phi) is 6.98. The summed E-state index contributed by atoms with van der Waals surface area (Å²) in [7, 11) is 0. The molecule has 0 spiro atoms. The van der Waals surface area contributed by atoms with E-state index in [-0.39, 0.29) is 13.2 Å². The molecule has 0 aliphatic rings. The SMILES string of the molecule is O=C(CC(=O)NC(CO)c1cccc2ccccc12)NC(CO)c1cccc2ccccc12. The van der Waals surface area contributed by atoms with E-state index >= 15 is 0 Å². The van der Waals surface area contributed by atoms with Gasteiger partial charge in [-0.2, -0.15) is 0 Å². The first-order valence-electron chi connectivity index (χ1n) is 10.9. The molecule has 4 aromatic rings. The third kappa shape index (κ3) is 5.03. The van der Waals surface area contributed by atoms with E-state index < -0.39 is 30.3 Å². The molecule has 4 aromatic carbocycles. The standard InChI is InChI=1S/C27H26N2O4/c30-16-24(22-13-5-9-18-7-1-3-11-20(18)22)28-26(32)15-27(33)29-25(17-31)23-14-6-10-19-8-2-4-12-21(19)23/h1-14,24-25,30-31H,15-17H2,(H,28,32)(H,29,33).